The molecule has 1 N–H and O–H groups in total. The van der Waals surface area contributed by atoms with Crippen LogP contribution < -0.4 is 10.2 Å². The highest BCUT2D eigenvalue weighted by molar-refractivity contribution is 5.41. The maximum absolute atomic E-state index is 5.73. The first-order chi connectivity index (χ1) is 10.8. The van der Waals surface area contributed by atoms with Gasteiger partial charge in [0, 0.05) is 13.1 Å². The monoisotopic (exact) mass is 298 g/mol. The van der Waals surface area contributed by atoms with E-state index in [4.69, 9.17) is 4.42 Å². The van der Waals surface area contributed by atoms with Crippen LogP contribution in [0.5, 0.6) is 0 Å². The first-order valence-corrected chi connectivity index (χ1v) is 8.11. The Labute approximate surface area is 130 Å². The third-order valence-corrected chi connectivity index (χ3v) is 5.24. The summed E-state index contributed by atoms with van der Waals surface area (Å²) in [7, 11) is 1.88. The highest BCUT2D eigenvalue weighted by Crippen LogP contribution is 2.46. The summed E-state index contributed by atoms with van der Waals surface area (Å²) in [4.78, 5) is 2.23. The van der Waals surface area contributed by atoms with E-state index in [9.17, 15) is 0 Å². The molecule has 2 aliphatic rings. The van der Waals surface area contributed by atoms with Crippen LogP contribution in [0.15, 0.2) is 28.7 Å². The highest BCUT2D eigenvalue weighted by Gasteiger charge is 2.41. The molecule has 1 fully saturated rings. The first-order valence-electron chi connectivity index (χ1n) is 8.11. The van der Waals surface area contributed by atoms with Crippen molar-refractivity contribution in [3.05, 3.63) is 41.3 Å². The minimum Gasteiger partial charge on any atom is -0.407 e. The number of piperidine rings is 1. The average Bonchev–Trinajstić information content (AvgIpc) is 3.16. The molecule has 1 spiro atoms. The number of anilines is 1. The number of nitrogens with one attached hydrogen (secondary N) is 1. The van der Waals surface area contributed by atoms with E-state index in [1.54, 1.807) is 11.1 Å². The van der Waals surface area contributed by atoms with Gasteiger partial charge in [0.15, 0.2) is 0 Å². The van der Waals surface area contributed by atoms with E-state index in [1.165, 1.54) is 25.7 Å². The van der Waals surface area contributed by atoms with Gasteiger partial charge in [0.2, 0.25) is 5.89 Å². The summed E-state index contributed by atoms with van der Waals surface area (Å²) in [5.41, 5.74) is 3.50. The van der Waals surface area contributed by atoms with Crippen molar-refractivity contribution in [2.45, 2.75) is 37.6 Å². The van der Waals surface area contributed by atoms with Gasteiger partial charge in [0.25, 0.3) is 0 Å². The molecule has 1 aromatic carbocycles. The smallest absolute Gasteiger partial charge is 0.318 e. The van der Waals surface area contributed by atoms with Gasteiger partial charge in [-0.3, -0.25) is 0 Å². The van der Waals surface area contributed by atoms with Crippen molar-refractivity contribution < 1.29 is 4.42 Å². The molecule has 2 heterocycles. The second-order valence-electron chi connectivity index (χ2n) is 6.43. The number of aromatic nitrogens is 2. The summed E-state index contributed by atoms with van der Waals surface area (Å²) in [6.07, 6.45) is 4.86. The van der Waals surface area contributed by atoms with Crippen LogP contribution in [0.1, 0.15) is 36.3 Å². The predicted molar refractivity (Wildman–Crippen MR) is 84.9 cm³/mol. The van der Waals surface area contributed by atoms with Crippen LogP contribution in [0, 0.1) is 0 Å². The van der Waals surface area contributed by atoms with E-state index in [-0.39, 0.29) is 0 Å². The fraction of sp³-hybridized carbons (Fsp3) is 0.529. The normalized spacial score (nSPS) is 19.6. The van der Waals surface area contributed by atoms with E-state index in [2.05, 4.69) is 44.7 Å². The van der Waals surface area contributed by atoms with Crippen molar-refractivity contribution >= 4 is 6.01 Å². The third-order valence-electron chi connectivity index (χ3n) is 5.24. The molecule has 0 saturated carbocycles. The Balaban J connectivity index is 1.49. The third kappa shape index (κ3) is 2.20. The van der Waals surface area contributed by atoms with Crippen LogP contribution in [-0.2, 0) is 18.4 Å². The van der Waals surface area contributed by atoms with Crippen LogP contribution in [0.25, 0.3) is 0 Å². The number of hydrogen-bond donors (Lipinski definition) is 1. The Hall–Kier alpha value is -1.88. The molecule has 1 aliphatic heterocycles. The van der Waals surface area contributed by atoms with Crippen LogP contribution in [0.4, 0.5) is 6.01 Å². The largest absolute Gasteiger partial charge is 0.407 e. The molecule has 0 atom stereocenters. The average molecular weight is 298 g/mol. The van der Waals surface area contributed by atoms with Gasteiger partial charge in [-0.1, -0.05) is 29.4 Å². The zero-order valence-corrected chi connectivity index (χ0v) is 13.0. The number of fused-ring (bicyclic) bond motifs is 2. The first kappa shape index (κ1) is 13.8. The van der Waals surface area contributed by atoms with Crippen molar-refractivity contribution in [2.75, 3.05) is 25.0 Å². The summed E-state index contributed by atoms with van der Waals surface area (Å²) in [5.74, 6) is 0.656. The van der Waals surface area contributed by atoms with Crippen molar-refractivity contribution in [2.24, 2.45) is 0 Å². The van der Waals surface area contributed by atoms with Crippen LogP contribution >= 0.6 is 0 Å². The van der Waals surface area contributed by atoms with E-state index >= 15 is 0 Å². The van der Waals surface area contributed by atoms with Gasteiger partial charge in [-0.2, -0.15) is 0 Å². The fourth-order valence-electron chi connectivity index (χ4n) is 4.00. The Morgan fingerprint density at radius 2 is 2.00 bits per heavy atom. The summed E-state index contributed by atoms with van der Waals surface area (Å²) in [5, 5.41) is 11.3. The van der Waals surface area contributed by atoms with Crippen molar-refractivity contribution in [1.29, 1.82) is 0 Å². The Kier molecular flexibility index (Phi) is 3.37. The molecule has 0 unspecified atom stereocenters. The lowest BCUT2D eigenvalue weighted by Crippen LogP contribution is -2.41. The van der Waals surface area contributed by atoms with Crippen LogP contribution in [-0.4, -0.2) is 30.3 Å². The number of benzene rings is 1. The molecule has 1 aromatic heterocycles. The fourth-order valence-corrected chi connectivity index (χ4v) is 4.00. The van der Waals surface area contributed by atoms with E-state index in [0.717, 1.165) is 13.1 Å². The van der Waals surface area contributed by atoms with Crippen LogP contribution in [0.2, 0.25) is 0 Å². The molecule has 5 nitrogen and oxygen atoms in total. The molecule has 0 radical (unpaired) electrons. The number of hydrogen-bond acceptors (Lipinski definition) is 5. The minimum absolute atomic E-state index is 0.376. The molecule has 0 amide bonds. The summed E-state index contributed by atoms with van der Waals surface area (Å²) >= 11 is 0. The van der Waals surface area contributed by atoms with Gasteiger partial charge in [-0.15, -0.1) is 5.10 Å². The van der Waals surface area contributed by atoms with Gasteiger partial charge in [0.05, 0.1) is 6.54 Å². The zero-order valence-electron chi connectivity index (χ0n) is 13.0. The predicted octanol–water partition coefficient (Wildman–Crippen LogP) is 2.27. The van der Waals surface area contributed by atoms with Gasteiger partial charge in [-0.25, -0.2) is 0 Å². The Bertz CT molecular complexity index is 658. The van der Waals surface area contributed by atoms with E-state index in [0.29, 0.717) is 23.9 Å². The van der Waals surface area contributed by atoms with E-state index < -0.39 is 0 Å². The lowest BCUT2D eigenvalue weighted by atomic mass is 9.74. The maximum Gasteiger partial charge on any atom is 0.318 e. The highest BCUT2D eigenvalue weighted by atomic mass is 16.4. The molecule has 2 aromatic rings. The lowest BCUT2D eigenvalue weighted by molar-refractivity contribution is 0.319. The summed E-state index contributed by atoms with van der Waals surface area (Å²) in [6.45, 7) is 2.61. The second kappa shape index (κ2) is 5.39. The van der Waals surface area contributed by atoms with Crippen LogP contribution in [0.3, 0.4) is 0 Å². The standard InChI is InChI=1S/C17H22N4O/c1-18-12-15-19-20-16(22-15)21-10-8-17(9-11-21)7-6-13-4-2-3-5-14(13)17/h2-5,18H,6-12H2,1H3. The molecule has 116 valence electrons. The molecule has 0 bridgehead atoms. The quantitative estimate of drug-likeness (QED) is 0.942. The van der Waals surface area contributed by atoms with Crippen molar-refractivity contribution in [3.63, 3.8) is 0 Å². The Morgan fingerprint density at radius 3 is 2.82 bits per heavy atom. The lowest BCUT2D eigenvalue weighted by Gasteiger charge is -2.39. The second-order valence-corrected chi connectivity index (χ2v) is 6.43. The summed E-state index contributed by atoms with van der Waals surface area (Å²) < 4.78 is 5.73. The molecule has 22 heavy (non-hydrogen) atoms. The molecule has 1 aliphatic carbocycles. The molecular formula is C17H22N4O. The molecule has 4 rings (SSSR count). The molecular weight excluding hydrogens is 276 g/mol. The van der Waals surface area contributed by atoms with Gasteiger partial charge < -0.3 is 14.6 Å². The molecule has 5 heteroatoms. The van der Waals surface area contributed by atoms with Gasteiger partial charge in [0.1, 0.15) is 0 Å². The topological polar surface area (TPSA) is 54.2 Å². The minimum atomic E-state index is 0.376. The van der Waals surface area contributed by atoms with E-state index in [1.807, 2.05) is 7.05 Å². The van der Waals surface area contributed by atoms with Crippen molar-refractivity contribution in [1.82, 2.24) is 15.5 Å². The SMILES string of the molecule is CNCc1nnc(N2CCC3(CCc4ccccc43)CC2)o1. The number of aryl methyl sites for hydroxylation is 1. The maximum atomic E-state index is 5.73. The van der Waals surface area contributed by atoms with Crippen molar-refractivity contribution in [3.8, 4) is 0 Å². The number of rotatable bonds is 3. The Morgan fingerprint density at radius 1 is 1.18 bits per heavy atom. The molecule has 1 saturated heterocycles. The zero-order chi connectivity index (χ0) is 15.0. The van der Waals surface area contributed by atoms with Gasteiger partial charge in [-0.05, 0) is 49.3 Å². The van der Waals surface area contributed by atoms with Gasteiger partial charge >= 0.3 is 6.01 Å². The summed E-state index contributed by atoms with van der Waals surface area (Å²) in [6, 6.07) is 9.63. The number of nitrogens with zero attached hydrogens (tertiary/aromatic N) is 3.